The summed E-state index contributed by atoms with van der Waals surface area (Å²) < 4.78 is 0. The molecule has 0 saturated heterocycles. The van der Waals surface area contributed by atoms with E-state index in [1.165, 1.54) is 0 Å². The average Bonchev–Trinajstić information content (AvgIpc) is 1.82. The Bertz CT molecular complexity index is 134. The zero-order valence-electron chi connectivity index (χ0n) is 5.91. The van der Waals surface area contributed by atoms with Crippen molar-refractivity contribution in [2.24, 2.45) is 0 Å². The Morgan fingerprint density at radius 3 is 2.56 bits per heavy atom. The fourth-order valence-corrected chi connectivity index (χ4v) is 0.464. The SMILES string of the molecule is C=CCCC(=C)C(C)=N. The highest BCUT2D eigenvalue weighted by atomic mass is 14.4. The lowest BCUT2D eigenvalue weighted by Gasteiger charge is -1.97. The summed E-state index contributed by atoms with van der Waals surface area (Å²) in [7, 11) is 0. The highest BCUT2D eigenvalue weighted by Crippen LogP contribution is 2.02. The number of nitrogens with one attached hydrogen (secondary N) is 1. The Labute approximate surface area is 56.6 Å². The van der Waals surface area contributed by atoms with Gasteiger partial charge in [-0.15, -0.1) is 6.58 Å². The van der Waals surface area contributed by atoms with Gasteiger partial charge in [0.1, 0.15) is 0 Å². The zero-order chi connectivity index (χ0) is 7.28. The molecule has 0 aromatic carbocycles. The zero-order valence-corrected chi connectivity index (χ0v) is 5.91. The Hall–Kier alpha value is -0.850. The molecule has 0 aromatic heterocycles. The summed E-state index contributed by atoms with van der Waals surface area (Å²) in [6.45, 7) is 9.06. The first-order chi connectivity index (χ1) is 4.18. The van der Waals surface area contributed by atoms with Crippen molar-refractivity contribution in [2.45, 2.75) is 19.8 Å². The van der Waals surface area contributed by atoms with Gasteiger partial charge in [0.15, 0.2) is 0 Å². The molecule has 1 heteroatoms. The highest BCUT2D eigenvalue weighted by molar-refractivity contribution is 5.94. The highest BCUT2D eigenvalue weighted by Gasteiger charge is 1.92. The molecule has 0 radical (unpaired) electrons. The molecule has 0 amide bonds. The average molecular weight is 123 g/mol. The first kappa shape index (κ1) is 8.15. The molecule has 0 rings (SSSR count). The van der Waals surface area contributed by atoms with Crippen LogP contribution in [0.15, 0.2) is 24.8 Å². The third-order valence-corrected chi connectivity index (χ3v) is 1.18. The molecular formula is C8H13N. The molecular weight excluding hydrogens is 110 g/mol. The van der Waals surface area contributed by atoms with Crippen LogP contribution in [0.1, 0.15) is 19.8 Å². The second-order valence-electron chi connectivity index (χ2n) is 2.06. The van der Waals surface area contributed by atoms with Crippen LogP contribution in [0.3, 0.4) is 0 Å². The first-order valence-corrected chi connectivity index (χ1v) is 3.02. The largest absolute Gasteiger partial charge is 0.305 e. The Morgan fingerprint density at radius 2 is 2.22 bits per heavy atom. The molecule has 0 atom stereocenters. The molecule has 0 aliphatic rings. The molecule has 1 nitrogen and oxygen atoms in total. The van der Waals surface area contributed by atoms with E-state index in [0.29, 0.717) is 5.71 Å². The number of hydrogen-bond acceptors (Lipinski definition) is 1. The molecule has 50 valence electrons. The van der Waals surface area contributed by atoms with Gasteiger partial charge in [-0.3, -0.25) is 0 Å². The van der Waals surface area contributed by atoms with Crippen LogP contribution in [0.2, 0.25) is 0 Å². The fourth-order valence-electron chi connectivity index (χ4n) is 0.464. The molecule has 0 aliphatic heterocycles. The molecule has 0 aromatic rings. The minimum atomic E-state index is 0.580. The van der Waals surface area contributed by atoms with Crippen molar-refractivity contribution in [3.8, 4) is 0 Å². The van der Waals surface area contributed by atoms with E-state index in [4.69, 9.17) is 5.41 Å². The van der Waals surface area contributed by atoms with Crippen LogP contribution in [0, 0.1) is 5.41 Å². The Morgan fingerprint density at radius 1 is 1.67 bits per heavy atom. The molecule has 0 spiro atoms. The van der Waals surface area contributed by atoms with Gasteiger partial charge in [-0.25, -0.2) is 0 Å². The van der Waals surface area contributed by atoms with Crippen molar-refractivity contribution in [1.29, 1.82) is 5.41 Å². The van der Waals surface area contributed by atoms with Gasteiger partial charge >= 0.3 is 0 Å². The third-order valence-electron chi connectivity index (χ3n) is 1.18. The lowest BCUT2D eigenvalue weighted by molar-refractivity contribution is 1.02. The minimum Gasteiger partial charge on any atom is -0.305 e. The standard InChI is InChI=1S/C8H13N/c1-4-5-6-7(2)8(3)9/h4,9H,1-2,5-6H2,3H3. The Balaban J connectivity index is 3.51. The number of allylic oxidation sites excluding steroid dienone is 2. The summed E-state index contributed by atoms with van der Waals surface area (Å²) in [5.74, 6) is 0. The molecule has 0 heterocycles. The summed E-state index contributed by atoms with van der Waals surface area (Å²) in [5.41, 5.74) is 1.49. The first-order valence-electron chi connectivity index (χ1n) is 3.02. The van der Waals surface area contributed by atoms with E-state index >= 15 is 0 Å². The Kier molecular flexibility index (Phi) is 3.69. The van der Waals surface area contributed by atoms with Crippen molar-refractivity contribution in [3.63, 3.8) is 0 Å². The van der Waals surface area contributed by atoms with Gasteiger partial charge in [-0.2, -0.15) is 0 Å². The molecule has 9 heavy (non-hydrogen) atoms. The summed E-state index contributed by atoms with van der Waals surface area (Å²) in [6.07, 6.45) is 3.64. The number of rotatable bonds is 4. The van der Waals surface area contributed by atoms with Gasteiger partial charge in [0, 0.05) is 5.71 Å². The van der Waals surface area contributed by atoms with Gasteiger partial charge in [0.2, 0.25) is 0 Å². The van der Waals surface area contributed by atoms with Crippen molar-refractivity contribution in [2.75, 3.05) is 0 Å². The van der Waals surface area contributed by atoms with E-state index in [1.54, 1.807) is 6.92 Å². The molecule has 1 N–H and O–H groups in total. The van der Waals surface area contributed by atoms with E-state index in [0.717, 1.165) is 18.4 Å². The van der Waals surface area contributed by atoms with E-state index in [2.05, 4.69) is 13.2 Å². The van der Waals surface area contributed by atoms with Crippen molar-refractivity contribution < 1.29 is 0 Å². The van der Waals surface area contributed by atoms with E-state index in [-0.39, 0.29) is 0 Å². The lowest BCUT2D eigenvalue weighted by Crippen LogP contribution is -1.91. The van der Waals surface area contributed by atoms with Crippen LogP contribution < -0.4 is 0 Å². The molecule has 0 saturated carbocycles. The molecule has 0 bridgehead atoms. The smallest absolute Gasteiger partial charge is 0.0309 e. The van der Waals surface area contributed by atoms with Gasteiger partial charge in [0.25, 0.3) is 0 Å². The van der Waals surface area contributed by atoms with Crippen LogP contribution in [0.5, 0.6) is 0 Å². The maximum atomic E-state index is 7.14. The van der Waals surface area contributed by atoms with Crippen molar-refractivity contribution in [3.05, 3.63) is 24.8 Å². The van der Waals surface area contributed by atoms with Gasteiger partial charge in [-0.05, 0) is 25.3 Å². The van der Waals surface area contributed by atoms with Gasteiger partial charge < -0.3 is 5.41 Å². The summed E-state index contributed by atoms with van der Waals surface area (Å²) in [6, 6.07) is 0. The maximum Gasteiger partial charge on any atom is 0.0309 e. The summed E-state index contributed by atoms with van der Waals surface area (Å²) in [4.78, 5) is 0. The second-order valence-corrected chi connectivity index (χ2v) is 2.06. The van der Waals surface area contributed by atoms with Crippen molar-refractivity contribution in [1.82, 2.24) is 0 Å². The van der Waals surface area contributed by atoms with E-state index in [9.17, 15) is 0 Å². The topological polar surface area (TPSA) is 23.9 Å². The van der Waals surface area contributed by atoms with Gasteiger partial charge in [-0.1, -0.05) is 12.7 Å². The van der Waals surface area contributed by atoms with Gasteiger partial charge in [0.05, 0.1) is 0 Å². The monoisotopic (exact) mass is 123 g/mol. The molecule has 0 fully saturated rings. The maximum absolute atomic E-state index is 7.14. The predicted molar refractivity (Wildman–Crippen MR) is 42.0 cm³/mol. The van der Waals surface area contributed by atoms with Crippen LogP contribution in [0.4, 0.5) is 0 Å². The minimum absolute atomic E-state index is 0.580. The lowest BCUT2D eigenvalue weighted by atomic mass is 10.1. The third kappa shape index (κ3) is 3.71. The van der Waals surface area contributed by atoms with Crippen LogP contribution >= 0.6 is 0 Å². The summed E-state index contributed by atoms with van der Waals surface area (Å²) >= 11 is 0. The fraction of sp³-hybridized carbons (Fsp3) is 0.375. The van der Waals surface area contributed by atoms with E-state index in [1.807, 2.05) is 6.08 Å². The molecule has 0 unspecified atom stereocenters. The van der Waals surface area contributed by atoms with Crippen LogP contribution in [-0.2, 0) is 0 Å². The molecule has 0 aliphatic carbocycles. The normalized spacial score (nSPS) is 8.56. The van der Waals surface area contributed by atoms with Crippen LogP contribution in [0.25, 0.3) is 0 Å². The number of hydrogen-bond donors (Lipinski definition) is 1. The van der Waals surface area contributed by atoms with E-state index < -0.39 is 0 Å². The quantitative estimate of drug-likeness (QED) is 0.439. The van der Waals surface area contributed by atoms with Crippen LogP contribution in [-0.4, -0.2) is 5.71 Å². The summed E-state index contributed by atoms with van der Waals surface area (Å²) in [5, 5.41) is 7.14. The van der Waals surface area contributed by atoms with Crippen molar-refractivity contribution >= 4 is 5.71 Å². The second kappa shape index (κ2) is 4.07. The predicted octanol–water partition coefficient (Wildman–Crippen LogP) is 2.55.